The van der Waals surface area contributed by atoms with E-state index < -0.39 is 10.0 Å². The number of nitrogens with zero attached hydrogens (tertiary/aromatic N) is 1. The van der Waals surface area contributed by atoms with E-state index in [2.05, 4.69) is 0 Å². The predicted molar refractivity (Wildman–Crippen MR) is 74.3 cm³/mol. The molecule has 1 fully saturated rings. The number of aliphatic hydroxyl groups excluding tert-OH is 1. The summed E-state index contributed by atoms with van der Waals surface area (Å²) >= 11 is 0. The number of sulfonamides is 1. The van der Waals surface area contributed by atoms with Gasteiger partial charge in [0.2, 0.25) is 10.0 Å². The Morgan fingerprint density at radius 2 is 2.00 bits per heavy atom. The van der Waals surface area contributed by atoms with Crippen LogP contribution in [0.1, 0.15) is 37.3 Å². The van der Waals surface area contributed by atoms with Gasteiger partial charge in [-0.2, -0.15) is 4.31 Å². The zero-order valence-electron chi connectivity index (χ0n) is 11.5. The van der Waals surface area contributed by atoms with Crippen LogP contribution in [0.15, 0.2) is 23.1 Å². The number of rotatable bonds is 5. The highest BCUT2D eigenvalue weighted by atomic mass is 32.2. The van der Waals surface area contributed by atoms with Crippen molar-refractivity contribution in [3.05, 3.63) is 29.3 Å². The van der Waals surface area contributed by atoms with Gasteiger partial charge in [-0.05, 0) is 42.5 Å². The molecule has 0 spiro atoms. The molecule has 1 aliphatic rings. The van der Waals surface area contributed by atoms with Crippen LogP contribution in [0.5, 0.6) is 0 Å². The first-order valence-electron chi connectivity index (χ1n) is 6.71. The van der Waals surface area contributed by atoms with Gasteiger partial charge < -0.3 is 5.11 Å². The quantitative estimate of drug-likeness (QED) is 0.898. The molecule has 19 heavy (non-hydrogen) atoms. The molecule has 0 aromatic heterocycles. The maximum absolute atomic E-state index is 12.5. The average Bonchev–Trinajstić information content (AvgIpc) is 2.35. The molecule has 0 bridgehead atoms. The first-order valence-corrected chi connectivity index (χ1v) is 8.15. The third kappa shape index (κ3) is 2.68. The largest absolute Gasteiger partial charge is 0.392 e. The van der Waals surface area contributed by atoms with E-state index in [1.807, 2.05) is 6.92 Å². The van der Waals surface area contributed by atoms with Crippen LogP contribution in [0.25, 0.3) is 0 Å². The lowest BCUT2D eigenvalue weighted by Gasteiger charge is -2.33. The Balaban J connectivity index is 2.34. The van der Waals surface area contributed by atoms with Crippen molar-refractivity contribution in [1.82, 2.24) is 4.31 Å². The molecule has 5 heteroatoms. The summed E-state index contributed by atoms with van der Waals surface area (Å²) in [6.45, 7) is 1.86. The molecule has 0 heterocycles. The normalized spacial score (nSPS) is 16.6. The topological polar surface area (TPSA) is 57.6 Å². The van der Waals surface area contributed by atoms with E-state index in [1.54, 1.807) is 25.2 Å². The number of hydrogen-bond acceptors (Lipinski definition) is 3. The highest BCUT2D eigenvalue weighted by molar-refractivity contribution is 7.89. The molecule has 0 atom stereocenters. The summed E-state index contributed by atoms with van der Waals surface area (Å²) in [7, 11) is -1.79. The van der Waals surface area contributed by atoms with Gasteiger partial charge in [-0.15, -0.1) is 0 Å². The maximum Gasteiger partial charge on any atom is 0.243 e. The van der Waals surface area contributed by atoms with E-state index in [0.29, 0.717) is 5.56 Å². The molecule has 1 aromatic carbocycles. The zero-order valence-corrected chi connectivity index (χ0v) is 12.3. The van der Waals surface area contributed by atoms with Crippen LogP contribution in [-0.4, -0.2) is 30.9 Å². The Bertz CT molecular complexity index is 550. The fourth-order valence-corrected chi connectivity index (χ4v) is 3.83. The molecule has 1 aromatic rings. The minimum Gasteiger partial charge on any atom is -0.392 e. The van der Waals surface area contributed by atoms with Crippen LogP contribution in [0, 0.1) is 0 Å². The van der Waals surface area contributed by atoms with Crippen LogP contribution in [0.2, 0.25) is 0 Å². The summed E-state index contributed by atoms with van der Waals surface area (Å²) in [4.78, 5) is 0.281. The molecule has 0 radical (unpaired) electrons. The minimum absolute atomic E-state index is 0.125. The first kappa shape index (κ1) is 14.5. The summed E-state index contributed by atoms with van der Waals surface area (Å²) in [5.74, 6) is 0. The zero-order chi connectivity index (χ0) is 14.0. The second kappa shape index (κ2) is 5.61. The second-order valence-electron chi connectivity index (χ2n) is 5.05. The smallest absolute Gasteiger partial charge is 0.243 e. The van der Waals surface area contributed by atoms with Gasteiger partial charge in [0.25, 0.3) is 0 Å². The maximum atomic E-state index is 12.5. The van der Waals surface area contributed by atoms with Crippen molar-refractivity contribution in [3.63, 3.8) is 0 Å². The second-order valence-corrected chi connectivity index (χ2v) is 7.05. The lowest BCUT2D eigenvalue weighted by molar-refractivity contribution is 0.249. The van der Waals surface area contributed by atoms with E-state index in [4.69, 9.17) is 0 Å². The Kier molecular flexibility index (Phi) is 4.28. The average molecular weight is 283 g/mol. The van der Waals surface area contributed by atoms with Crippen molar-refractivity contribution in [2.45, 2.75) is 50.2 Å². The first-order chi connectivity index (χ1) is 9.00. The van der Waals surface area contributed by atoms with Crippen molar-refractivity contribution >= 4 is 10.0 Å². The van der Waals surface area contributed by atoms with Gasteiger partial charge in [0.1, 0.15) is 0 Å². The van der Waals surface area contributed by atoms with Gasteiger partial charge in [-0.25, -0.2) is 8.42 Å². The molecule has 1 N–H and O–H groups in total. The summed E-state index contributed by atoms with van der Waals surface area (Å²) < 4.78 is 26.4. The molecular formula is C14H21NO3S. The van der Waals surface area contributed by atoms with Crippen LogP contribution in [0.3, 0.4) is 0 Å². The molecular weight excluding hydrogens is 262 g/mol. The van der Waals surface area contributed by atoms with Gasteiger partial charge in [-0.1, -0.05) is 19.4 Å². The Morgan fingerprint density at radius 1 is 1.32 bits per heavy atom. The van der Waals surface area contributed by atoms with Gasteiger partial charge in [0.05, 0.1) is 11.5 Å². The SMILES string of the molecule is CCc1ccc(S(=O)(=O)N(C)C2CCC2)cc1CO. The molecule has 2 rings (SSSR count). The Morgan fingerprint density at radius 3 is 2.47 bits per heavy atom. The lowest BCUT2D eigenvalue weighted by atomic mass is 9.94. The fourth-order valence-electron chi connectivity index (χ4n) is 2.37. The Hall–Kier alpha value is -0.910. The summed E-state index contributed by atoms with van der Waals surface area (Å²) in [6, 6.07) is 5.17. The van der Waals surface area contributed by atoms with Crippen LogP contribution in [0.4, 0.5) is 0 Å². The highest BCUT2D eigenvalue weighted by Gasteiger charge is 2.31. The highest BCUT2D eigenvalue weighted by Crippen LogP contribution is 2.29. The minimum atomic E-state index is -3.43. The van der Waals surface area contributed by atoms with E-state index in [1.165, 1.54) is 4.31 Å². The molecule has 0 aliphatic heterocycles. The van der Waals surface area contributed by atoms with Crippen molar-refractivity contribution < 1.29 is 13.5 Å². The van der Waals surface area contributed by atoms with E-state index in [0.717, 1.165) is 31.2 Å². The van der Waals surface area contributed by atoms with Crippen LogP contribution in [-0.2, 0) is 23.1 Å². The number of aliphatic hydroxyl groups is 1. The standard InChI is InChI=1S/C14H21NO3S/c1-3-11-7-8-14(9-12(11)10-16)19(17,18)15(2)13-5-4-6-13/h7-9,13,16H,3-6,10H2,1-2H3. The number of benzene rings is 1. The van der Waals surface area contributed by atoms with Crippen molar-refractivity contribution in [3.8, 4) is 0 Å². The predicted octanol–water partition coefficient (Wildman–Crippen LogP) is 1.91. The van der Waals surface area contributed by atoms with Crippen LogP contribution >= 0.6 is 0 Å². The summed E-state index contributed by atoms with van der Waals surface area (Å²) in [5.41, 5.74) is 1.69. The van der Waals surface area contributed by atoms with Gasteiger partial charge >= 0.3 is 0 Å². The fraction of sp³-hybridized carbons (Fsp3) is 0.571. The molecule has 1 saturated carbocycles. The van der Waals surface area contributed by atoms with E-state index in [9.17, 15) is 13.5 Å². The molecule has 4 nitrogen and oxygen atoms in total. The van der Waals surface area contributed by atoms with Crippen molar-refractivity contribution in [1.29, 1.82) is 0 Å². The monoisotopic (exact) mass is 283 g/mol. The summed E-state index contributed by atoms with van der Waals surface area (Å²) in [5, 5.41) is 9.34. The van der Waals surface area contributed by atoms with Crippen molar-refractivity contribution in [2.75, 3.05) is 7.05 Å². The van der Waals surface area contributed by atoms with Gasteiger partial charge in [0.15, 0.2) is 0 Å². The molecule has 1 aliphatic carbocycles. The lowest BCUT2D eigenvalue weighted by Crippen LogP contribution is -2.41. The van der Waals surface area contributed by atoms with E-state index >= 15 is 0 Å². The molecule has 0 amide bonds. The Labute approximate surface area is 115 Å². The molecule has 0 unspecified atom stereocenters. The summed E-state index contributed by atoms with van der Waals surface area (Å²) in [6.07, 6.45) is 3.77. The third-order valence-corrected chi connectivity index (χ3v) is 5.90. The molecule has 106 valence electrons. The number of aryl methyl sites for hydroxylation is 1. The van der Waals surface area contributed by atoms with Crippen molar-refractivity contribution in [2.24, 2.45) is 0 Å². The van der Waals surface area contributed by atoms with E-state index in [-0.39, 0.29) is 17.5 Å². The molecule has 0 saturated heterocycles. The number of hydrogen-bond donors (Lipinski definition) is 1. The third-order valence-electron chi connectivity index (χ3n) is 3.99. The van der Waals surface area contributed by atoms with Gasteiger partial charge in [0, 0.05) is 13.1 Å². The van der Waals surface area contributed by atoms with Gasteiger partial charge in [-0.3, -0.25) is 0 Å². The van der Waals surface area contributed by atoms with Crippen LogP contribution < -0.4 is 0 Å².